The quantitative estimate of drug-likeness (QED) is 0.465. The maximum absolute atomic E-state index is 13.8. The molecule has 0 nitrogen and oxygen atoms in total. The number of alkyl halides is 1. The fourth-order valence-corrected chi connectivity index (χ4v) is 2.72. The van der Waals surface area contributed by atoms with Crippen molar-refractivity contribution in [1.82, 2.24) is 0 Å². The summed E-state index contributed by atoms with van der Waals surface area (Å²) in [6.45, 7) is 6.30. The van der Waals surface area contributed by atoms with Crippen molar-refractivity contribution >= 4 is 15.9 Å². The van der Waals surface area contributed by atoms with Crippen LogP contribution in [0.15, 0.2) is 36.4 Å². The second kappa shape index (κ2) is 5.84. The standard InChI is InChI=1S/C17H16BrF3/c1-17(2,3)11-6-4-10(5-7-11)16(18)12-8-14(20)15(21)9-13(12)19/h4-9,16H,1-3H3. The molecule has 0 aliphatic rings. The van der Waals surface area contributed by atoms with Crippen LogP contribution in [0.5, 0.6) is 0 Å². The Balaban J connectivity index is 2.36. The zero-order valence-corrected chi connectivity index (χ0v) is 13.6. The minimum atomic E-state index is -1.18. The van der Waals surface area contributed by atoms with Crippen molar-refractivity contribution < 1.29 is 13.2 Å². The summed E-state index contributed by atoms with van der Waals surface area (Å²) in [7, 11) is 0. The van der Waals surface area contributed by atoms with Crippen LogP contribution in [0.2, 0.25) is 0 Å². The van der Waals surface area contributed by atoms with Gasteiger partial charge < -0.3 is 0 Å². The van der Waals surface area contributed by atoms with Crippen LogP contribution in [-0.2, 0) is 5.41 Å². The lowest BCUT2D eigenvalue weighted by Crippen LogP contribution is -2.11. The largest absolute Gasteiger partial charge is 0.207 e. The SMILES string of the molecule is CC(C)(C)c1ccc(C(Br)c2cc(F)c(F)cc2F)cc1. The highest BCUT2D eigenvalue weighted by molar-refractivity contribution is 9.09. The van der Waals surface area contributed by atoms with Crippen molar-refractivity contribution in [3.63, 3.8) is 0 Å². The third-order valence-electron chi connectivity index (χ3n) is 3.38. The molecular formula is C17H16BrF3. The second-order valence-electron chi connectivity index (χ2n) is 6.02. The molecule has 0 aromatic heterocycles. The molecule has 0 saturated carbocycles. The van der Waals surface area contributed by atoms with E-state index < -0.39 is 22.3 Å². The maximum atomic E-state index is 13.8. The number of benzene rings is 2. The second-order valence-corrected chi connectivity index (χ2v) is 6.94. The number of halogens is 4. The summed E-state index contributed by atoms with van der Waals surface area (Å²) in [5, 5.41) is 0. The van der Waals surface area contributed by atoms with E-state index in [0.29, 0.717) is 6.07 Å². The van der Waals surface area contributed by atoms with Crippen LogP contribution >= 0.6 is 15.9 Å². The van der Waals surface area contributed by atoms with E-state index in [1.807, 2.05) is 24.3 Å². The highest BCUT2D eigenvalue weighted by atomic mass is 79.9. The molecule has 0 aliphatic heterocycles. The summed E-state index contributed by atoms with van der Waals surface area (Å²) in [6.07, 6.45) is 0. The Kier molecular flexibility index (Phi) is 4.47. The van der Waals surface area contributed by atoms with Gasteiger partial charge in [-0.3, -0.25) is 0 Å². The van der Waals surface area contributed by atoms with E-state index in [4.69, 9.17) is 0 Å². The van der Waals surface area contributed by atoms with Crippen molar-refractivity contribution in [3.8, 4) is 0 Å². The highest BCUT2D eigenvalue weighted by Gasteiger charge is 2.19. The van der Waals surface area contributed by atoms with Crippen LogP contribution < -0.4 is 0 Å². The van der Waals surface area contributed by atoms with Gasteiger partial charge in [0, 0.05) is 11.6 Å². The minimum Gasteiger partial charge on any atom is -0.207 e. The molecule has 0 aliphatic carbocycles. The first kappa shape index (κ1) is 16.1. The van der Waals surface area contributed by atoms with Gasteiger partial charge in [-0.05, 0) is 22.6 Å². The lowest BCUT2D eigenvalue weighted by molar-refractivity contribution is 0.491. The van der Waals surface area contributed by atoms with E-state index in [1.54, 1.807) is 0 Å². The van der Waals surface area contributed by atoms with E-state index in [0.717, 1.165) is 17.2 Å². The molecule has 0 bridgehead atoms. The van der Waals surface area contributed by atoms with Crippen LogP contribution in [0.4, 0.5) is 13.2 Å². The van der Waals surface area contributed by atoms with E-state index in [9.17, 15) is 13.2 Å². The van der Waals surface area contributed by atoms with Gasteiger partial charge in [0.1, 0.15) is 5.82 Å². The van der Waals surface area contributed by atoms with Gasteiger partial charge in [0.15, 0.2) is 11.6 Å². The van der Waals surface area contributed by atoms with Crippen LogP contribution in [0.25, 0.3) is 0 Å². The van der Waals surface area contributed by atoms with Gasteiger partial charge in [-0.2, -0.15) is 0 Å². The van der Waals surface area contributed by atoms with Crippen LogP contribution in [-0.4, -0.2) is 0 Å². The van der Waals surface area contributed by atoms with Crippen molar-refractivity contribution in [3.05, 3.63) is 70.5 Å². The Morgan fingerprint density at radius 3 is 1.90 bits per heavy atom. The van der Waals surface area contributed by atoms with Crippen LogP contribution in [0.1, 0.15) is 42.3 Å². The van der Waals surface area contributed by atoms with Crippen molar-refractivity contribution in [2.45, 2.75) is 31.0 Å². The zero-order chi connectivity index (χ0) is 15.8. The summed E-state index contributed by atoms with van der Waals surface area (Å²) in [5.74, 6) is -3.00. The molecule has 0 N–H and O–H groups in total. The zero-order valence-electron chi connectivity index (χ0n) is 12.1. The third-order valence-corrected chi connectivity index (χ3v) is 4.40. The first-order valence-corrected chi connectivity index (χ1v) is 7.50. The summed E-state index contributed by atoms with van der Waals surface area (Å²) in [5.41, 5.74) is 2.04. The normalized spacial score (nSPS) is 13.3. The smallest absolute Gasteiger partial charge is 0.161 e. The van der Waals surface area contributed by atoms with Gasteiger partial charge in [-0.25, -0.2) is 13.2 Å². The molecule has 0 spiro atoms. The Hall–Kier alpha value is -1.29. The Labute approximate surface area is 131 Å². The minimum absolute atomic E-state index is 0.0214. The van der Waals surface area contributed by atoms with Gasteiger partial charge in [0.2, 0.25) is 0 Å². The monoisotopic (exact) mass is 356 g/mol. The van der Waals surface area contributed by atoms with Gasteiger partial charge in [-0.15, -0.1) is 0 Å². The highest BCUT2D eigenvalue weighted by Crippen LogP contribution is 2.34. The Morgan fingerprint density at radius 2 is 1.38 bits per heavy atom. The molecule has 0 heterocycles. The summed E-state index contributed by atoms with van der Waals surface area (Å²) >= 11 is 3.35. The predicted molar refractivity (Wildman–Crippen MR) is 82.2 cm³/mol. The fourth-order valence-electron chi connectivity index (χ4n) is 2.06. The molecule has 0 saturated heterocycles. The maximum Gasteiger partial charge on any atom is 0.161 e. The van der Waals surface area contributed by atoms with Crippen molar-refractivity contribution in [2.24, 2.45) is 0 Å². The van der Waals surface area contributed by atoms with E-state index >= 15 is 0 Å². The topological polar surface area (TPSA) is 0 Å². The van der Waals surface area contributed by atoms with Crippen molar-refractivity contribution in [1.29, 1.82) is 0 Å². The molecule has 21 heavy (non-hydrogen) atoms. The molecule has 2 rings (SSSR count). The van der Waals surface area contributed by atoms with Gasteiger partial charge in [0.25, 0.3) is 0 Å². The molecular weight excluding hydrogens is 341 g/mol. The molecule has 2 aromatic carbocycles. The Morgan fingerprint density at radius 1 is 0.857 bits per heavy atom. The molecule has 1 atom stereocenters. The molecule has 0 fully saturated rings. The number of hydrogen-bond donors (Lipinski definition) is 0. The summed E-state index contributed by atoms with van der Waals surface area (Å²) < 4.78 is 40.1. The molecule has 4 heteroatoms. The fraction of sp³-hybridized carbons (Fsp3) is 0.294. The summed E-state index contributed by atoms with van der Waals surface area (Å²) in [4.78, 5) is -0.526. The first-order chi connectivity index (χ1) is 9.70. The molecule has 0 radical (unpaired) electrons. The molecule has 112 valence electrons. The molecule has 0 amide bonds. The van der Waals surface area contributed by atoms with E-state index in [1.165, 1.54) is 0 Å². The lowest BCUT2D eigenvalue weighted by Gasteiger charge is -2.20. The van der Waals surface area contributed by atoms with Gasteiger partial charge >= 0.3 is 0 Å². The Bertz CT molecular complexity index is 642. The summed E-state index contributed by atoms with van der Waals surface area (Å²) in [6, 6.07) is 9.11. The number of rotatable bonds is 2. The van der Waals surface area contributed by atoms with E-state index in [2.05, 4.69) is 36.7 Å². The average Bonchev–Trinajstić information content (AvgIpc) is 2.41. The van der Waals surface area contributed by atoms with Crippen LogP contribution in [0.3, 0.4) is 0 Å². The predicted octanol–water partition coefficient (Wildman–Crippen LogP) is 5.89. The van der Waals surface area contributed by atoms with E-state index in [-0.39, 0.29) is 11.0 Å². The molecule has 2 aromatic rings. The van der Waals surface area contributed by atoms with Crippen molar-refractivity contribution in [2.75, 3.05) is 0 Å². The lowest BCUT2D eigenvalue weighted by atomic mass is 9.86. The third kappa shape index (κ3) is 3.49. The first-order valence-electron chi connectivity index (χ1n) is 6.59. The van der Waals surface area contributed by atoms with Gasteiger partial charge in [0.05, 0.1) is 4.83 Å². The van der Waals surface area contributed by atoms with Crippen LogP contribution in [0, 0.1) is 17.5 Å². The average molecular weight is 357 g/mol. The van der Waals surface area contributed by atoms with Gasteiger partial charge in [-0.1, -0.05) is 61.0 Å². The molecule has 1 unspecified atom stereocenters. The number of hydrogen-bond acceptors (Lipinski definition) is 0.